The van der Waals surface area contributed by atoms with Gasteiger partial charge in [-0.15, -0.1) is 0 Å². The van der Waals surface area contributed by atoms with E-state index in [0.717, 1.165) is 5.56 Å². The third-order valence-electron chi connectivity index (χ3n) is 4.84. The number of methoxy groups -OCH3 is 1. The zero-order valence-electron chi connectivity index (χ0n) is 17.7. The molecule has 0 saturated heterocycles. The summed E-state index contributed by atoms with van der Waals surface area (Å²) in [6.45, 7) is 0.841. The van der Waals surface area contributed by atoms with Gasteiger partial charge in [-0.3, -0.25) is 9.59 Å². The second-order valence-corrected chi connectivity index (χ2v) is 7.62. The molecule has 0 aliphatic carbocycles. The van der Waals surface area contributed by atoms with E-state index < -0.39 is 0 Å². The molecule has 0 spiro atoms. The predicted octanol–water partition coefficient (Wildman–Crippen LogP) is 4.39. The fraction of sp³-hybridized carbons (Fsp3) is 0.250. The Balaban J connectivity index is 1.78. The number of hydrogen-bond donors (Lipinski definition) is 0. The van der Waals surface area contributed by atoms with Crippen LogP contribution < -0.4 is 0 Å². The van der Waals surface area contributed by atoms with E-state index in [4.69, 9.17) is 20.8 Å². The molecule has 0 radical (unpaired) electrons. The van der Waals surface area contributed by atoms with Crippen molar-refractivity contribution in [2.24, 2.45) is 0 Å². The number of rotatable bonds is 10. The van der Waals surface area contributed by atoms with E-state index in [-0.39, 0.29) is 50.4 Å². The molecule has 0 bridgehead atoms. The summed E-state index contributed by atoms with van der Waals surface area (Å²) in [5.74, 6) is -0.319. The number of halogens is 2. The number of ether oxygens (including phenoxy) is 1. The molecule has 2 amide bonds. The Morgan fingerprint density at radius 2 is 1.72 bits per heavy atom. The minimum Gasteiger partial charge on any atom is -0.467 e. The first kappa shape index (κ1) is 23.5. The molecule has 3 rings (SSSR count). The van der Waals surface area contributed by atoms with Crippen molar-refractivity contribution in [2.45, 2.75) is 13.1 Å². The van der Waals surface area contributed by atoms with Gasteiger partial charge in [-0.1, -0.05) is 23.7 Å². The number of carbonyl (C=O) groups is 2. The normalized spacial score (nSPS) is 10.7. The SMILES string of the molecule is COCCN(CC(=O)N(Cc1ccc(F)cc1)Cc1ccco1)C(=O)c1ccc(Cl)cc1. The highest BCUT2D eigenvalue weighted by Gasteiger charge is 2.23. The fourth-order valence-electron chi connectivity index (χ4n) is 3.13. The third-order valence-corrected chi connectivity index (χ3v) is 5.09. The largest absolute Gasteiger partial charge is 0.467 e. The summed E-state index contributed by atoms with van der Waals surface area (Å²) in [6.07, 6.45) is 1.53. The number of carbonyl (C=O) groups excluding carboxylic acids is 2. The maximum absolute atomic E-state index is 13.3. The van der Waals surface area contributed by atoms with Crippen molar-refractivity contribution in [3.63, 3.8) is 0 Å². The van der Waals surface area contributed by atoms with Crippen molar-refractivity contribution < 1.29 is 23.1 Å². The Morgan fingerprint density at radius 1 is 1.00 bits per heavy atom. The number of hydrogen-bond acceptors (Lipinski definition) is 4. The molecule has 0 aliphatic rings. The third kappa shape index (κ3) is 6.67. The van der Waals surface area contributed by atoms with Gasteiger partial charge in [0.2, 0.25) is 5.91 Å². The first-order chi connectivity index (χ1) is 15.5. The van der Waals surface area contributed by atoms with Crippen LogP contribution in [0.25, 0.3) is 0 Å². The van der Waals surface area contributed by atoms with Crippen LogP contribution in [-0.2, 0) is 22.6 Å². The Kier molecular flexibility index (Phi) is 8.41. The van der Waals surface area contributed by atoms with Gasteiger partial charge >= 0.3 is 0 Å². The summed E-state index contributed by atoms with van der Waals surface area (Å²) in [4.78, 5) is 29.3. The summed E-state index contributed by atoms with van der Waals surface area (Å²) >= 11 is 5.92. The molecule has 1 heterocycles. The van der Waals surface area contributed by atoms with Crippen molar-refractivity contribution in [1.29, 1.82) is 0 Å². The Hall–Kier alpha value is -3.16. The van der Waals surface area contributed by atoms with Gasteiger partial charge in [0.15, 0.2) is 0 Å². The number of benzene rings is 2. The maximum atomic E-state index is 13.3. The van der Waals surface area contributed by atoms with E-state index in [1.54, 1.807) is 53.4 Å². The van der Waals surface area contributed by atoms with Gasteiger partial charge in [0.1, 0.15) is 18.1 Å². The molecule has 6 nitrogen and oxygen atoms in total. The van der Waals surface area contributed by atoms with Crippen LogP contribution in [0.3, 0.4) is 0 Å². The molecule has 0 unspecified atom stereocenters. The maximum Gasteiger partial charge on any atom is 0.254 e. The summed E-state index contributed by atoms with van der Waals surface area (Å²) in [6, 6.07) is 15.9. The second-order valence-electron chi connectivity index (χ2n) is 7.18. The van der Waals surface area contributed by atoms with E-state index in [9.17, 15) is 14.0 Å². The molecule has 0 atom stereocenters. The smallest absolute Gasteiger partial charge is 0.254 e. The molecular weight excluding hydrogens is 435 g/mol. The van der Waals surface area contributed by atoms with Gasteiger partial charge in [-0.05, 0) is 54.1 Å². The molecule has 0 saturated carbocycles. The monoisotopic (exact) mass is 458 g/mol. The quantitative estimate of drug-likeness (QED) is 0.452. The molecule has 32 heavy (non-hydrogen) atoms. The Morgan fingerprint density at radius 3 is 2.34 bits per heavy atom. The lowest BCUT2D eigenvalue weighted by atomic mass is 10.2. The summed E-state index contributed by atoms with van der Waals surface area (Å²) in [7, 11) is 1.53. The molecule has 1 aromatic heterocycles. The molecule has 3 aromatic rings. The summed E-state index contributed by atoms with van der Waals surface area (Å²) in [5, 5.41) is 0.519. The first-order valence-corrected chi connectivity index (χ1v) is 10.4. The van der Waals surface area contributed by atoms with Crippen molar-refractivity contribution >= 4 is 23.4 Å². The van der Waals surface area contributed by atoms with Crippen LogP contribution in [-0.4, -0.2) is 48.4 Å². The number of amides is 2. The molecule has 8 heteroatoms. The zero-order chi connectivity index (χ0) is 22.9. The van der Waals surface area contributed by atoms with E-state index in [1.165, 1.54) is 30.4 Å². The Bertz CT molecular complexity index is 1010. The molecular formula is C24H24ClFN2O4. The molecule has 2 aromatic carbocycles. The number of furan rings is 1. The van der Waals surface area contributed by atoms with Crippen molar-refractivity contribution in [3.8, 4) is 0 Å². The fourth-order valence-corrected chi connectivity index (χ4v) is 3.25. The van der Waals surface area contributed by atoms with E-state index in [1.807, 2.05) is 0 Å². The lowest BCUT2D eigenvalue weighted by molar-refractivity contribution is -0.133. The first-order valence-electron chi connectivity index (χ1n) is 10.0. The summed E-state index contributed by atoms with van der Waals surface area (Å²) in [5.41, 5.74) is 1.19. The van der Waals surface area contributed by atoms with Crippen LogP contribution in [0, 0.1) is 5.82 Å². The predicted molar refractivity (Wildman–Crippen MR) is 119 cm³/mol. The van der Waals surface area contributed by atoms with Crippen molar-refractivity contribution in [1.82, 2.24) is 9.80 Å². The lowest BCUT2D eigenvalue weighted by Gasteiger charge is -2.27. The molecule has 0 N–H and O–H groups in total. The molecule has 168 valence electrons. The highest BCUT2D eigenvalue weighted by Crippen LogP contribution is 2.15. The Labute approximate surface area is 191 Å². The van der Waals surface area contributed by atoms with Gasteiger partial charge in [-0.25, -0.2) is 4.39 Å². The lowest BCUT2D eigenvalue weighted by Crippen LogP contribution is -2.43. The van der Waals surface area contributed by atoms with Crippen LogP contribution in [0.5, 0.6) is 0 Å². The van der Waals surface area contributed by atoms with Gasteiger partial charge in [-0.2, -0.15) is 0 Å². The standard InChI is InChI=1S/C24H24ClFN2O4/c1-31-14-12-27(24(30)19-6-8-20(25)9-7-19)17-23(29)28(16-22-3-2-13-32-22)15-18-4-10-21(26)11-5-18/h2-11,13H,12,14-17H2,1H3. The minimum atomic E-state index is -0.350. The van der Waals surface area contributed by atoms with Crippen LogP contribution in [0.15, 0.2) is 71.3 Å². The van der Waals surface area contributed by atoms with Gasteiger partial charge in [0, 0.05) is 30.8 Å². The van der Waals surface area contributed by atoms with Gasteiger partial charge in [0.25, 0.3) is 5.91 Å². The highest BCUT2D eigenvalue weighted by molar-refractivity contribution is 6.30. The summed E-state index contributed by atoms with van der Waals surface area (Å²) < 4.78 is 23.8. The number of nitrogens with zero attached hydrogens (tertiary/aromatic N) is 2. The highest BCUT2D eigenvalue weighted by atomic mass is 35.5. The van der Waals surface area contributed by atoms with Gasteiger partial charge < -0.3 is 19.0 Å². The average molecular weight is 459 g/mol. The van der Waals surface area contributed by atoms with Crippen LogP contribution in [0.1, 0.15) is 21.7 Å². The van der Waals surface area contributed by atoms with Crippen LogP contribution in [0.4, 0.5) is 4.39 Å². The van der Waals surface area contributed by atoms with Gasteiger partial charge in [0.05, 0.1) is 19.4 Å². The zero-order valence-corrected chi connectivity index (χ0v) is 18.4. The van der Waals surface area contributed by atoms with E-state index >= 15 is 0 Å². The van der Waals surface area contributed by atoms with Crippen molar-refractivity contribution in [3.05, 3.63) is 94.7 Å². The van der Waals surface area contributed by atoms with Crippen LogP contribution in [0.2, 0.25) is 5.02 Å². The topological polar surface area (TPSA) is 63.0 Å². The van der Waals surface area contributed by atoms with Crippen LogP contribution >= 0.6 is 11.6 Å². The average Bonchev–Trinajstić information content (AvgIpc) is 3.30. The van der Waals surface area contributed by atoms with E-state index in [2.05, 4.69) is 0 Å². The molecule has 0 fully saturated rings. The minimum absolute atomic E-state index is 0.146. The van der Waals surface area contributed by atoms with E-state index in [0.29, 0.717) is 16.3 Å². The second kappa shape index (κ2) is 11.5. The van der Waals surface area contributed by atoms with Crippen molar-refractivity contribution in [2.75, 3.05) is 26.8 Å². The molecule has 0 aliphatic heterocycles.